The second-order valence-corrected chi connectivity index (χ2v) is 7.13. The number of thiocarbonyl (C=S) groups is 1. The van der Waals surface area contributed by atoms with Crippen LogP contribution in [0.1, 0.15) is 33.3 Å². The predicted molar refractivity (Wildman–Crippen MR) is 96.0 cm³/mol. The van der Waals surface area contributed by atoms with Crippen LogP contribution in [-0.4, -0.2) is 23.5 Å². The van der Waals surface area contributed by atoms with Crippen LogP contribution in [0, 0.1) is 0 Å². The molecule has 23 heavy (non-hydrogen) atoms. The first kappa shape index (κ1) is 19.4. The van der Waals surface area contributed by atoms with Crippen molar-refractivity contribution in [2.24, 2.45) is 0 Å². The fourth-order valence-electron chi connectivity index (χ4n) is 1.58. The maximum absolute atomic E-state index is 11.7. The van der Waals surface area contributed by atoms with Crippen LogP contribution in [0.25, 0.3) is 0 Å². The second-order valence-electron chi connectivity index (χ2n) is 5.87. The third-order valence-electron chi connectivity index (χ3n) is 2.76. The van der Waals surface area contributed by atoms with Crippen molar-refractivity contribution in [2.75, 3.05) is 6.61 Å². The minimum atomic E-state index is -0.426. The number of rotatable bonds is 3. The van der Waals surface area contributed by atoms with Crippen LogP contribution in [0.2, 0.25) is 0 Å². The summed E-state index contributed by atoms with van der Waals surface area (Å²) in [5, 5.41) is 2.34. The molecule has 0 unspecified atom stereocenters. The molecule has 126 valence electrons. The van der Waals surface area contributed by atoms with Crippen LogP contribution in [-0.2, 0) is 15.0 Å². The number of benzene rings is 1. The maximum Gasteiger partial charge on any atom is 0.276 e. The van der Waals surface area contributed by atoms with E-state index in [2.05, 4.69) is 52.9 Å². The highest BCUT2D eigenvalue weighted by molar-refractivity contribution is 9.10. The Bertz CT molecular complexity index is 614. The van der Waals surface area contributed by atoms with E-state index in [1.165, 1.54) is 6.92 Å². The van der Waals surface area contributed by atoms with Crippen molar-refractivity contribution in [3.63, 3.8) is 0 Å². The molecule has 0 aromatic heterocycles. The van der Waals surface area contributed by atoms with E-state index < -0.39 is 5.91 Å². The summed E-state index contributed by atoms with van der Waals surface area (Å²) in [7, 11) is 0. The Kier molecular flexibility index (Phi) is 6.96. The molecule has 0 spiro atoms. The molecule has 0 saturated carbocycles. The molecule has 0 aliphatic heterocycles. The third kappa shape index (κ3) is 6.96. The molecule has 0 atom stereocenters. The Morgan fingerprint density at radius 2 is 1.91 bits per heavy atom. The molecular weight excluding hydrogens is 382 g/mol. The highest BCUT2D eigenvalue weighted by Gasteiger charge is 2.15. The zero-order valence-electron chi connectivity index (χ0n) is 13.5. The van der Waals surface area contributed by atoms with Crippen molar-refractivity contribution in [3.8, 4) is 5.75 Å². The van der Waals surface area contributed by atoms with Gasteiger partial charge in [0, 0.05) is 6.92 Å². The van der Waals surface area contributed by atoms with Gasteiger partial charge in [0.2, 0.25) is 5.91 Å². The van der Waals surface area contributed by atoms with Gasteiger partial charge in [0.1, 0.15) is 5.75 Å². The highest BCUT2D eigenvalue weighted by Crippen LogP contribution is 2.31. The number of nitrogens with one attached hydrogen (secondary N) is 3. The first-order valence-corrected chi connectivity index (χ1v) is 8.09. The van der Waals surface area contributed by atoms with E-state index in [9.17, 15) is 9.59 Å². The third-order valence-corrected chi connectivity index (χ3v) is 3.59. The lowest BCUT2D eigenvalue weighted by molar-refractivity contribution is -0.124. The molecule has 1 aromatic carbocycles. The van der Waals surface area contributed by atoms with Gasteiger partial charge in [-0.3, -0.25) is 20.4 Å². The molecule has 1 aromatic rings. The number of hydrazine groups is 1. The lowest BCUT2D eigenvalue weighted by Gasteiger charge is -2.20. The number of carbonyl (C=O) groups excluding carboxylic acids is 2. The lowest BCUT2D eigenvalue weighted by atomic mass is 9.87. The van der Waals surface area contributed by atoms with Gasteiger partial charge < -0.3 is 10.1 Å². The number of amides is 2. The van der Waals surface area contributed by atoms with Crippen molar-refractivity contribution >= 4 is 45.1 Å². The van der Waals surface area contributed by atoms with Gasteiger partial charge >= 0.3 is 0 Å². The molecule has 0 bridgehead atoms. The average Bonchev–Trinajstić information content (AvgIpc) is 2.42. The van der Waals surface area contributed by atoms with Gasteiger partial charge in [-0.25, -0.2) is 0 Å². The topological polar surface area (TPSA) is 79.5 Å². The Hall–Kier alpha value is -1.67. The molecule has 8 heteroatoms. The number of ether oxygens (including phenoxy) is 1. The van der Waals surface area contributed by atoms with Gasteiger partial charge in [-0.15, -0.1) is 0 Å². The summed E-state index contributed by atoms with van der Waals surface area (Å²) in [4.78, 5) is 22.4. The number of hydrogen-bond donors (Lipinski definition) is 3. The Labute approximate surface area is 149 Å². The summed E-state index contributed by atoms with van der Waals surface area (Å²) < 4.78 is 6.23. The zero-order chi connectivity index (χ0) is 17.6. The fraction of sp³-hybridized carbons (Fsp3) is 0.400. The molecule has 3 N–H and O–H groups in total. The van der Waals surface area contributed by atoms with Crippen LogP contribution in [0.3, 0.4) is 0 Å². The van der Waals surface area contributed by atoms with E-state index in [0.717, 1.165) is 10.0 Å². The number of hydrogen-bond acceptors (Lipinski definition) is 4. The molecule has 0 aliphatic rings. The van der Waals surface area contributed by atoms with Gasteiger partial charge in [-0.05, 0) is 51.3 Å². The first-order chi connectivity index (χ1) is 10.6. The number of carbonyl (C=O) groups is 2. The van der Waals surface area contributed by atoms with Gasteiger partial charge in [0.25, 0.3) is 5.91 Å². The SMILES string of the molecule is CC(=O)NC(=S)NNC(=O)COc1ccc(C(C)(C)C)cc1Br. The standard InChI is InChI=1S/C15H20BrN3O3S/c1-9(20)17-14(23)19-18-13(21)8-22-12-6-5-10(7-11(12)16)15(2,3)4/h5-7H,8H2,1-4H3,(H,18,21)(H2,17,19,20,23). The largest absolute Gasteiger partial charge is 0.483 e. The van der Waals surface area contributed by atoms with E-state index in [4.69, 9.17) is 17.0 Å². The molecule has 0 aliphatic carbocycles. The summed E-state index contributed by atoms with van der Waals surface area (Å²) in [6, 6.07) is 5.74. The van der Waals surface area contributed by atoms with E-state index in [0.29, 0.717) is 5.75 Å². The summed E-state index contributed by atoms with van der Waals surface area (Å²) in [5.74, 6) is -0.182. The Morgan fingerprint density at radius 1 is 1.26 bits per heavy atom. The minimum absolute atomic E-state index is 0.0153. The summed E-state index contributed by atoms with van der Waals surface area (Å²) in [6.45, 7) is 7.48. The van der Waals surface area contributed by atoms with Gasteiger partial charge in [-0.1, -0.05) is 26.8 Å². The monoisotopic (exact) mass is 401 g/mol. The first-order valence-electron chi connectivity index (χ1n) is 6.89. The molecule has 0 heterocycles. The van der Waals surface area contributed by atoms with Crippen molar-refractivity contribution < 1.29 is 14.3 Å². The predicted octanol–water partition coefficient (Wildman–Crippen LogP) is 2.17. The van der Waals surface area contributed by atoms with Gasteiger partial charge in [0.15, 0.2) is 11.7 Å². The van der Waals surface area contributed by atoms with Crippen molar-refractivity contribution in [2.45, 2.75) is 33.1 Å². The summed E-state index contributed by atoms with van der Waals surface area (Å²) >= 11 is 8.23. The molecule has 2 amide bonds. The molecular formula is C15H20BrN3O3S. The van der Waals surface area contributed by atoms with Gasteiger partial charge in [0.05, 0.1) is 4.47 Å². The van der Waals surface area contributed by atoms with E-state index in [1.807, 2.05) is 18.2 Å². The van der Waals surface area contributed by atoms with E-state index >= 15 is 0 Å². The Morgan fingerprint density at radius 3 is 2.43 bits per heavy atom. The van der Waals surface area contributed by atoms with Crippen LogP contribution in [0.5, 0.6) is 5.75 Å². The van der Waals surface area contributed by atoms with Crippen molar-refractivity contribution in [3.05, 3.63) is 28.2 Å². The molecule has 1 rings (SSSR count). The van der Waals surface area contributed by atoms with Crippen LogP contribution < -0.4 is 20.9 Å². The van der Waals surface area contributed by atoms with E-state index in [-0.39, 0.29) is 23.0 Å². The van der Waals surface area contributed by atoms with Crippen LogP contribution in [0.4, 0.5) is 0 Å². The molecule has 0 saturated heterocycles. The molecule has 6 nitrogen and oxygen atoms in total. The fourth-order valence-corrected chi connectivity index (χ4v) is 2.27. The normalized spacial score (nSPS) is 10.7. The van der Waals surface area contributed by atoms with Crippen molar-refractivity contribution in [1.82, 2.24) is 16.2 Å². The quantitative estimate of drug-likeness (QED) is 0.534. The van der Waals surface area contributed by atoms with Crippen LogP contribution in [0.15, 0.2) is 22.7 Å². The maximum atomic E-state index is 11.7. The summed E-state index contributed by atoms with van der Waals surface area (Å²) in [5.41, 5.74) is 5.92. The Balaban J connectivity index is 2.50. The highest BCUT2D eigenvalue weighted by atomic mass is 79.9. The number of halogens is 1. The van der Waals surface area contributed by atoms with Crippen LogP contribution >= 0.6 is 28.1 Å². The molecule has 0 radical (unpaired) electrons. The molecule has 0 fully saturated rings. The lowest BCUT2D eigenvalue weighted by Crippen LogP contribution is -2.49. The van der Waals surface area contributed by atoms with Gasteiger partial charge in [-0.2, -0.15) is 0 Å². The van der Waals surface area contributed by atoms with E-state index in [1.54, 1.807) is 0 Å². The smallest absolute Gasteiger partial charge is 0.276 e. The van der Waals surface area contributed by atoms with Crippen molar-refractivity contribution in [1.29, 1.82) is 0 Å². The zero-order valence-corrected chi connectivity index (χ0v) is 15.9. The minimum Gasteiger partial charge on any atom is -0.483 e. The summed E-state index contributed by atoms with van der Waals surface area (Å²) in [6.07, 6.45) is 0. The second kappa shape index (κ2) is 8.26. The average molecular weight is 402 g/mol.